The van der Waals surface area contributed by atoms with Gasteiger partial charge in [0.1, 0.15) is 5.75 Å². The lowest BCUT2D eigenvalue weighted by atomic mass is 9.83. The summed E-state index contributed by atoms with van der Waals surface area (Å²) in [4.78, 5) is 0. The Morgan fingerprint density at radius 1 is 1.18 bits per heavy atom. The van der Waals surface area contributed by atoms with Crippen molar-refractivity contribution in [3.8, 4) is 5.75 Å². The van der Waals surface area contributed by atoms with Gasteiger partial charge in [-0.1, -0.05) is 15.9 Å². The van der Waals surface area contributed by atoms with Crippen LogP contribution >= 0.6 is 15.9 Å². The highest BCUT2D eigenvalue weighted by molar-refractivity contribution is 9.10. The molecule has 4 heteroatoms. The Labute approximate surface area is 110 Å². The summed E-state index contributed by atoms with van der Waals surface area (Å²) in [6, 6.07) is 0. The van der Waals surface area contributed by atoms with Gasteiger partial charge in [-0.3, -0.25) is 0 Å². The van der Waals surface area contributed by atoms with Crippen molar-refractivity contribution in [2.45, 2.75) is 26.3 Å². The van der Waals surface area contributed by atoms with Crippen molar-refractivity contribution >= 4 is 15.9 Å². The van der Waals surface area contributed by atoms with Crippen LogP contribution in [0.5, 0.6) is 5.75 Å². The molecule has 1 fully saturated rings. The van der Waals surface area contributed by atoms with Crippen molar-refractivity contribution in [3.05, 3.63) is 26.7 Å². The molecule has 0 spiro atoms. The maximum absolute atomic E-state index is 6.36. The van der Waals surface area contributed by atoms with E-state index in [0.29, 0.717) is 13.2 Å². The first kappa shape index (κ1) is 12.9. The van der Waals surface area contributed by atoms with Gasteiger partial charge in [-0.05, 0) is 37.5 Å². The van der Waals surface area contributed by atoms with Gasteiger partial charge in [-0.25, -0.2) is 0 Å². The molecule has 1 aromatic rings. The third-order valence-electron chi connectivity index (χ3n) is 3.58. The van der Waals surface area contributed by atoms with E-state index in [4.69, 9.17) is 15.2 Å². The average Bonchev–Trinajstić information content (AvgIpc) is 2.28. The van der Waals surface area contributed by atoms with Gasteiger partial charge in [-0.2, -0.15) is 0 Å². The Morgan fingerprint density at radius 3 is 2.18 bits per heavy atom. The molecule has 2 rings (SSSR count). The summed E-state index contributed by atoms with van der Waals surface area (Å²) in [6.07, 6.45) is 0. The summed E-state index contributed by atoms with van der Waals surface area (Å²) >= 11 is 3.64. The van der Waals surface area contributed by atoms with E-state index >= 15 is 0 Å². The lowest BCUT2D eigenvalue weighted by Crippen LogP contribution is -2.55. The van der Waals surface area contributed by atoms with E-state index in [0.717, 1.165) is 26.9 Å². The topological polar surface area (TPSA) is 44.5 Å². The molecule has 1 heterocycles. The monoisotopic (exact) mass is 299 g/mol. The third-order valence-corrected chi connectivity index (χ3v) is 4.77. The molecule has 0 aromatic heterocycles. The predicted octanol–water partition coefficient (Wildman–Crippen LogP) is 2.57. The molecule has 0 radical (unpaired) electrons. The van der Waals surface area contributed by atoms with Crippen molar-refractivity contribution in [2.75, 3.05) is 20.3 Å². The van der Waals surface area contributed by atoms with Gasteiger partial charge in [-0.15, -0.1) is 0 Å². The van der Waals surface area contributed by atoms with Crippen LogP contribution in [0.2, 0.25) is 0 Å². The predicted molar refractivity (Wildman–Crippen MR) is 71.6 cm³/mol. The summed E-state index contributed by atoms with van der Waals surface area (Å²) in [6.45, 7) is 7.32. The Morgan fingerprint density at radius 2 is 1.76 bits per heavy atom. The van der Waals surface area contributed by atoms with Gasteiger partial charge in [0.2, 0.25) is 0 Å². The first-order chi connectivity index (χ1) is 7.92. The van der Waals surface area contributed by atoms with Gasteiger partial charge < -0.3 is 15.2 Å². The molecule has 1 aliphatic heterocycles. The van der Waals surface area contributed by atoms with Gasteiger partial charge in [0.15, 0.2) is 0 Å². The molecule has 0 atom stereocenters. The number of rotatable bonds is 2. The molecular weight excluding hydrogens is 282 g/mol. The van der Waals surface area contributed by atoms with Crippen LogP contribution in [0, 0.1) is 20.8 Å². The summed E-state index contributed by atoms with van der Waals surface area (Å²) < 4.78 is 11.9. The standard InChI is InChI=1S/C13H18BrNO2/c1-7-8(2)12(16-4)10(9(3)11(7)14)13(15)5-17-6-13/h5-6,15H2,1-4H3. The maximum atomic E-state index is 6.36. The van der Waals surface area contributed by atoms with Crippen LogP contribution in [0.1, 0.15) is 22.3 Å². The highest BCUT2D eigenvalue weighted by Gasteiger charge is 2.41. The summed E-state index contributed by atoms with van der Waals surface area (Å²) in [5.41, 5.74) is 10.5. The highest BCUT2D eigenvalue weighted by atomic mass is 79.9. The minimum absolute atomic E-state index is 0.406. The molecule has 94 valence electrons. The molecule has 3 nitrogen and oxygen atoms in total. The zero-order valence-electron chi connectivity index (χ0n) is 10.7. The number of methoxy groups -OCH3 is 1. The van der Waals surface area contributed by atoms with Crippen LogP contribution in [-0.4, -0.2) is 20.3 Å². The van der Waals surface area contributed by atoms with Crippen molar-refractivity contribution < 1.29 is 9.47 Å². The fraction of sp³-hybridized carbons (Fsp3) is 0.538. The molecule has 0 unspecified atom stereocenters. The van der Waals surface area contributed by atoms with Crippen LogP contribution in [0.25, 0.3) is 0 Å². The van der Waals surface area contributed by atoms with Gasteiger partial charge in [0, 0.05) is 10.0 Å². The van der Waals surface area contributed by atoms with E-state index in [1.165, 1.54) is 5.56 Å². The zero-order chi connectivity index (χ0) is 12.8. The van der Waals surface area contributed by atoms with E-state index < -0.39 is 5.54 Å². The van der Waals surface area contributed by atoms with Gasteiger partial charge in [0.25, 0.3) is 0 Å². The molecule has 0 amide bonds. The van der Waals surface area contributed by atoms with Crippen LogP contribution in [-0.2, 0) is 10.3 Å². The molecule has 2 N–H and O–H groups in total. The van der Waals surface area contributed by atoms with Gasteiger partial charge >= 0.3 is 0 Å². The highest BCUT2D eigenvalue weighted by Crippen LogP contribution is 2.43. The Bertz CT molecular complexity index is 467. The molecular formula is C13H18BrNO2. The number of halogens is 1. The van der Waals surface area contributed by atoms with E-state index in [1.807, 2.05) is 0 Å². The molecule has 17 heavy (non-hydrogen) atoms. The Balaban J connectivity index is 2.72. The second-order valence-electron chi connectivity index (χ2n) is 4.75. The number of benzene rings is 1. The van der Waals surface area contributed by atoms with Crippen molar-refractivity contribution in [3.63, 3.8) is 0 Å². The molecule has 1 aliphatic rings. The van der Waals surface area contributed by atoms with E-state index in [2.05, 4.69) is 36.7 Å². The van der Waals surface area contributed by atoms with Crippen molar-refractivity contribution in [1.82, 2.24) is 0 Å². The lowest BCUT2D eigenvalue weighted by molar-refractivity contribution is -0.0582. The largest absolute Gasteiger partial charge is 0.496 e. The van der Waals surface area contributed by atoms with E-state index in [1.54, 1.807) is 7.11 Å². The van der Waals surface area contributed by atoms with Crippen LogP contribution in [0.15, 0.2) is 4.47 Å². The lowest BCUT2D eigenvalue weighted by Gasteiger charge is -2.40. The quantitative estimate of drug-likeness (QED) is 0.913. The van der Waals surface area contributed by atoms with Crippen molar-refractivity contribution in [2.24, 2.45) is 5.73 Å². The SMILES string of the molecule is COc1c(C)c(C)c(Br)c(C)c1C1(N)COC1. The number of hydrogen-bond acceptors (Lipinski definition) is 3. The maximum Gasteiger partial charge on any atom is 0.127 e. The first-order valence-corrected chi connectivity index (χ1v) is 6.42. The van der Waals surface area contributed by atoms with E-state index in [-0.39, 0.29) is 0 Å². The zero-order valence-corrected chi connectivity index (χ0v) is 12.3. The third kappa shape index (κ3) is 1.79. The molecule has 1 saturated heterocycles. The normalized spacial score (nSPS) is 17.8. The average molecular weight is 300 g/mol. The second-order valence-corrected chi connectivity index (χ2v) is 5.54. The minimum atomic E-state index is -0.406. The van der Waals surface area contributed by atoms with Crippen LogP contribution < -0.4 is 10.5 Å². The molecule has 0 saturated carbocycles. The fourth-order valence-corrected chi connectivity index (χ4v) is 2.90. The Hall–Kier alpha value is -0.580. The number of ether oxygens (including phenoxy) is 2. The Kier molecular flexibility index (Phi) is 3.23. The van der Waals surface area contributed by atoms with Crippen LogP contribution in [0.4, 0.5) is 0 Å². The molecule has 0 bridgehead atoms. The van der Waals surface area contributed by atoms with Gasteiger partial charge in [0.05, 0.1) is 25.9 Å². The minimum Gasteiger partial charge on any atom is -0.496 e. The summed E-state index contributed by atoms with van der Waals surface area (Å²) in [5.74, 6) is 0.897. The number of nitrogens with two attached hydrogens (primary N) is 1. The number of hydrogen-bond donors (Lipinski definition) is 1. The smallest absolute Gasteiger partial charge is 0.127 e. The summed E-state index contributed by atoms with van der Waals surface area (Å²) in [7, 11) is 1.70. The molecule has 0 aliphatic carbocycles. The second kappa shape index (κ2) is 4.26. The molecule has 1 aromatic carbocycles. The van der Waals surface area contributed by atoms with Crippen molar-refractivity contribution in [1.29, 1.82) is 0 Å². The summed E-state index contributed by atoms with van der Waals surface area (Å²) in [5, 5.41) is 0. The first-order valence-electron chi connectivity index (χ1n) is 5.62. The van der Waals surface area contributed by atoms with Crippen LogP contribution in [0.3, 0.4) is 0 Å². The fourth-order valence-electron chi connectivity index (χ4n) is 2.40. The van der Waals surface area contributed by atoms with E-state index in [9.17, 15) is 0 Å².